The Balaban J connectivity index is 1.98. The molecule has 2 aliphatic heterocycles. The maximum atomic E-state index is 13.2. The molecule has 0 unspecified atom stereocenters. The van der Waals surface area contributed by atoms with E-state index in [4.69, 9.17) is 4.74 Å². The number of rotatable bonds is 4. The molecule has 0 saturated carbocycles. The lowest BCUT2D eigenvalue weighted by Crippen LogP contribution is -2.37. The number of carbonyl (C=O) groups excluding carboxylic acids is 2. The molecule has 2 heterocycles. The van der Waals surface area contributed by atoms with Crippen LogP contribution in [0.15, 0.2) is 35.6 Å². The van der Waals surface area contributed by atoms with Crippen LogP contribution in [-0.2, 0) is 14.3 Å². The maximum absolute atomic E-state index is 13.2. The molecule has 5 nitrogen and oxygen atoms in total. The third kappa shape index (κ3) is 2.86. The van der Waals surface area contributed by atoms with Gasteiger partial charge in [0.2, 0.25) is 0 Å². The fourth-order valence-electron chi connectivity index (χ4n) is 3.20. The number of halogens is 1. The summed E-state index contributed by atoms with van der Waals surface area (Å²) < 4.78 is 18.7. The van der Waals surface area contributed by atoms with Gasteiger partial charge in [-0.1, -0.05) is 12.1 Å². The molecule has 1 aromatic carbocycles. The Morgan fingerprint density at radius 3 is 2.65 bits per heavy atom. The number of aliphatic hydroxyl groups excluding tert-OH is 1. The van der Waals surface area contributed by atoms with Gasteiger partial charge >= 0.3 is 0 Å². The quantitative estimate of drug-likeness (QED) is 0.924. The van der Waals surface area contributed by atoms with Crippen molar-refractivity contribution in [3.8, 4) is 0 Å². The number of ether oxygens (including phenoxy) is 1. The minimum atomic E-state index is -0.704. The van der Waals surface area contributed by atoms with Gasteiger partial charge in [0.15, 0.2) is 11.5 Å². The fourth-order valence-corrected chi connectivity index (χ4v) is 3.20. The molecular weight excluding hydrogens is 301 g/mol. The highest BCUT2D eigenvalue weighted by Crippen LogP contribution is 2.38. The molecule has 0 aliphatic carbocycles. The predicted octanol–water partition coefficient (Wildman–Crippen LogP) is 2.29. The molecule has 1 aromatic rings. The van der Waals surface area contributed by atoms with Gasteiger partial charge in [-0.25, -0.2) is 4.39 Å². The van der Waals surface area contributed by atoms with Gasteiger partial charge < -0.3 is 14.7 Å². The number of benzene rings is 1. The first-order valence-corrected chi connectivity index (χ1v) is 7.61. The van der Waals surface area contributed by atoms with Crippen molar-refractivity contribution in [3.63, 3.8) is 0 Å². The minimum Gasteiger partial charge on any atom is -0.503 e. The lowest BCUT2D eigenvalue weighted by atomic mass is 9.96. The van der Waals surface area contributed by atoms with Gasteiger partial charge in [-0.3, -0.25) is 9.59 Å². The number of hydrogen-bond donors (Lipinski definition) is 1. The molecule has 0 radical (unpaired) electrons. The largest absolute Gasteiger partial charge is 0.503 e. The zero-order valence-electron chi connectivity index (χ0n) is 12.8. The topological polar surface area (TPSA) is 66.8 Å². The first-order valence-electron chi connectivity index (χ1n) is 7.61. The summed E-state index contributed by atoms with van der Waals surface area (Å²) >= 11 is 0. The summed E-state index contributed by atoms with van der Waals surface area (Å²) in [7, 11) is 0. The van der Waals surface area contributed by atoms with Crippen LogP contribution in [0, 0.1) is 5.82 Å². The first-order chi connectivity index (χ1) is 11.0. The van der Waals surface area contributed by atoms with E-state index in [1.807, 2.05) is 0 Å². The third-order valence-corrected chi connectivity index (χ3v) is 4.29. The highest BCUT2D eigenvalue weighted by atomic mass is 19.1. The highest BCUT2D eigenvalue weighted by Gasteiger charge is 2.43. The average molecular weight is 319 g/mol. The molecule has 1 fully saturated rings. The molecule has 0 aromatic heterocycles. The Labute approximate surface area is 133 Å². The number of aliphatic hydroxyl groups is 1. The van der Waals surface area contributed by atoms with Crippen molar-refractivity contribution in [2.45, 2.75) is 31.9 Å². The second-order valence-corrected chi connectivity index (χ2v) is 5.87. The SMILES string of the molecule is CC(=O)C1=C(O)C(=O)N(C[C@@H]2CCCO2)[C@H]1c1ccc(F)cc1. The molecule has 0 spiro atoms. The summed E-state index contributed by atoms with van der Waals surface area (Å²) in [6.07, 6.45) is 1.64. The Kier molecular flexibility index (Phi) is 4.17. The average Bonchev–Trinajstić information content (AvgIpc) is 3.10. The van der Waals surface area contributed by atoms with Gasteiger partial charge in [-0.15, -0.1) is 0 Å². The van der Waals surface area contributed by atoms with E-state index in [9.17, 15) is 19.1 Å². The van der Waals surface area contributed by atoms with E-state index in [1.54, 1.807) is 0 Å². The number of Topliss-reactive ketones (excluding diaryl/α,β-unsaturated/α-hetero) is 1. The van der Waals surface area contributed by atoms with Crippen LogP contribution in [0.1, 0.15) is 31.4 Å². The summed E-state index contributed by atoms with van der Waals surface area (Å²) in [5, 5.41) is 10.1. The summed E-state index contributed by atoms with van der Waals surface area (Å²) in [6.45, 7) is 2.25. The molecule has 122 valence electrons. The van der Waals surface area contributed by atoms with Crippen molar-refractivity contribution in [1.29, 1.82) is 0 Å². The van der Waals surface area contributed by atoms with Crippen molar-refractivity contribution >= 4 is 11.7 Å². The van der Waals surface area contributed by atoms with E-state index in [2.05, 4.69) is 0 Å². The van der Waals surface area contributed by atoms with Crippen molar-refractivity contribution in [2.75, 3.05) is 13.2 Å². The maximum Gasteiger partial charge on any atom is 0.290 e. The molecule has 1 N–H and O–H groups in total. The van der Waals surface area contributed by atoms with Crippen molar-refractivity contribution in [2.24, 2.45) is 0 Å². The fraction of sp³-hybridized carbons (Fsp3) is 0.412. The van der Waals surface area contributed by atoms with Gasteiger partial charge in [-0.05, 0) is 37.5 Å². The van der Waals surface area contributed by atoms with Gasteiger partial charge in [0.25, 0.3) is 5.91 Å². The highest BCUT2D eigenvalue weighted by molar-refractivity contribution is 6.08. The van der Waals surface area contributed by atoms with Crippen LogP contribution in [0.5, 0.6) is 0 Å². The minimum absolute atomic E-state index is 0.0552. The van der Waals surface area contributed by atoms with Crippen molar-refractivity contribution < 1.29 is 23.8 Å². The second kappa shape index (κ2) is 6.12. The lowest BCUT2D eigenvalue weighted by molar-refractivity contribution is -0.131. The monoisotopic (exact) mass is 319 g/mol. The standard InChI is InChI=1S/C17H18FNO4/c1-10(20)14-15(11-4-6-12(18)7-5-11)19(17(22)16(14)21)9-13-3-2-8-23-13/h4-7,13,15,21H,2-3,8-9H2,1H3/t13-,15-/m0/s1. The number of nitrogens with zero attached hydrogens (tertiary/aromatic N) is 1. The van der Waals surface area contributed by atoms with Crippen LogP contribution in [-0.4, -0.2) is 41.0 Å². The van der Waals surface area contributed by atoms with Crippen LogP contribution < -0.4 is 0 Å². The van der Waals surface area contributed by atoms with Gasteiger partial charge in [0.1, 0.15) is 5.82 Å². The molecule has 6 heteroatoms. The van der Waals surface area contributed by atoms with E-state index in [0.717, 1.165) is 12.8 Å². The molecule has 1 saturated heterocycles. The Bertz CT molecular complexity index is 662. The zero-order valence-corrected chi connectivity index (χ0v) is 12.8. The third-order valence-electron chi connectivity index (χ3n) is 4.29. The van der Waals surface area contributed by atoms with Crippen LogP contribution in [0.3, 0.4) is 0 Å². The van der Waals surface area contributed by atoms with Crippen LogP contribution >= 0.6 is 0 Å². The van der Waals surface area contributed by atoms with E-state index in [0.29, 0.717) is 18.7 Å². The van der Waals surface area contributed by atoms with E-state index in [-0.39, 0.29) is 17.5 Å². The number of hydrogen-bond acceptors (Lipinski definition) is 4. The van der Waals surface area contributed by atoms with Crippen LogP contribution in [0.2, 0.25) is 0 Å². The normalized spacial score (nSPS) is 24.6. The van der Waals surface area contributed by atoms with E-state index >= 15 is 0 Å². The molecule has 2 aliphatic rings. The predicted molar refractivity (Wildman–Crippen MR) is 80.2 cm³/mol. The van der Waals surface area contributed by atoms with E-state index in [1.165, 1.54) is 36.1 Å². The molecular formula is C17H18FNO4. The Morgan fingerprint density at radius 2 is 2.09 bits per heavy atom. The number of ketones is 1. The summed E-state index contributed by atoms with van der Waals surface area (Å²) in [5.41, 5.74) is 0.645. The van der Waals surface area contributed by atoms with E-state index < -0.39 is 23.5 Å². The second-order valence-electron chi connectivity index (χ2n) is 5.87. The molecule has 0 bridgehead atoms. The summed E-state index contributed by atoms with van der Waals surface area (Å²) in [6, 6.07) is 4.90. The summed E-state index contributed by atoms with van der Waals surface area (Å²) in [5.74, 6) is -1.88. The van der Waals surface area contributed by atoms with Crippen molar-refractivity contribution in [3.05, 3.63) is 47.0 Å². The molecule has 2 atom stereocenters. The van der Waals surface area contributed by atoms with Crippen LogP contribution in [0.4, 0.5) is 4.39 Å². The smallest absolute Gasteiger partial charge is 0.290 e. The lowest BCUT2D eigenvalue weighted by Gasteiger charge is -2.28. The van der Waals surface area contributed by atoms with Gasteiger partial charge in [0, 0.05) is 13.2 Å². The van der Waals surface area contributed by atoms with Crippen LogP contribution in [0.25, 0.3) is 0 Å². The molecule has 1 amide bonds. The molecule has 3 rings (SSSR count). The number of carbonyl (C=O) groups is 2. The van der Waals surface area contributed by atoms with Crippen molar-refractivity contribution in [1.82, 2.24) is 4.90 Å². The Morgan fingerprint density at radius 1 is 1.39 bits per heavy atom. The summed E-state index contributed by atoms with van der Waals surface area (Å²) in [4.78, 5) is 25.8. The van der Waals surface area contributed by atoms with Gasteiger partial charge in [-0.2, -0.15) is 0 Å². The van der Waals surface area contributed by atoms with Gasteiger partial charge in [0.05, 0.1) is 17.7 Å². The number of amides is 1. The first kappa shape index (κ1) is 15.7. The Hall–Kier alpha value is -2.21. The molecule has 23 heavy (non-hydrogen) atoms. The zero-order chi connectivity index (χ0) is 16.6.